The molecule has 10 heteroatoms. The monoisotopic (exact) mass is 526 g/mol. The van der Waals surface area contributed by atoms with Crippen LogP contribution in [0.25, 0.3) is 0 Å². The highest BCUT2D eigenvalue weighted by Crippen LogP contribution is 2.30. The summed E-state index contributed by atoms with van der Waals surface area (Å²) in [6.07, 6.45) is -3.18. The molecule has 2 aromatic rings. The zero-order chi connectivity index (χ0) is 19.3. The molecule has 0 aliphatic carbocycles. The van der Waals surface area contributed by atoms with Gasteiger partial charge in [0.25, 0.3) is 0 Å². The topological polar surface area (TPSA) is 58.5 Å². The highest BCUT2D eigenvalue weighted by molar-refractivity contribution is 14.0. The van der Waals surface area contributed by atoms with Gasteiger partial charge in [0.15, 0.2) is 11.7 Å². The van der Waals surface area contributed by atoms with Gasteiger partial charge in [-0.3, -0.25) is 0 Å². The lowest BCUT2D eigenvalue weighted by Crippen LogP contribution is -2.39. The van der Waals surface area contributed by atoms with E-state index in [0.717, 1.165) is 28.9 Å². The van der Waals surface area contributed by atoms with E-state index in [2.05, 4.69) is 20.6 Å². The molecule has 0 bridgehead atoms. The molecule has 1 aliphatic heterocycles. The van der Waals surface area contributed by atoms with Gasteiger partial charge in [0.05, 0.1) is 11.6 Å². The van der Waals surface area contributed by atoms with E-state index in [1.165, 1.54) is 5.56 Å². The van der Waals surface area contributed by atoms with Crippen LogP contribution in [0.1, 0.15) is 23.2 Å². The van der Waals surface area contributed by atoms with Crippen molar-refractivity contribution < 1.29 is 17.9 Å². The van der Waals surface area contributed by atoms with Crippen molar-refractivity contribution >= 4 is 41.3 Å². The second kappa shape index (κ2) is 10.3. The van der Waals surface area contributed by atoms with Crippen LogP contribution in [0.3, 0.4) is 0 Å². The first-order chi connectivity index (χ1) is 13.0. The van der Waals surface area contributed by atoms with Crippen molar-refractivity contribution in [2.45, 2.75) is 32.0 Å². The smallest absolute Gasteiger partial charge is 0.434 e. The lowest BCUT2D eigenvalue weighted by molar-refractivity contribution is -0.140. The van der Waals surface area contributed by atoms with Crippen molar-refractivity contribution in [2.24, 2.45) is 4.99 Å². The van der Waals surface area contributed by atoms with Crippen LogP contribution in [-0.4, -0.2) is 36.7 Å². The number of guanidine groups is 1. The van der Waals surface area contributed by atoms with Gasteiger partial charge in [0.2, 0.25) is 0 Å². The number of fused-ring (bicyclic) bond motifs is 1. The van der Waals surface area contributed by atoms with Gasteiger partial charge in [-0.05, 0) is 18.6 Å². The van der Waals surface area contributed by atoms with Crippen molar-refractivity contribution in [1.29, 1.82) is 0 Å². The van der Waals surface area contributed by atoms with E-state index >= 15 is 0 Å². The summed E-state index contributed by atoms with van der Waals surface area (Å²) in [4.78, 5) is 8.16. The predicted octanol–water partition coefficient (Wildman–Crippen LogP) is 3.88. The average molecular weight is 526 g/mol. The summed E-state index contributed by atoms with van der Waals surface area (Å²) in [6.45, 7) is 3.59. The van der Waals surface area contributed by atoms with E-state index in [1.807, 2.05) is 31.2 Å². The van der Waals surface area contributed by atoms with Gasteiger partial charge < -0.3 is 15.4 Å². The number of aliphatic imine (C=N–C) groups is 1. The molecular weight excluding hydrogens is 504 g/mol. The van der Waals surface area contributed by atoms with Crippen LogP contribution in [0.4, 0.5) is 13.2 Å². The van der Waals surface area contributed by atoms with Gasteiger partial charge in [-0.25, -0.2) is 9.98 Å². The minimum Gasteiger partial charge on any atom is -0.488 e. The number of nitrogens with one attached hydrogen (secondary N) is 2. The number of benzene rings is 1. The van der Waals surface area contributed by atoms with E-state index < -0.39 is 11.9 Å². The molecule has 0 saturated heterocycles. The number of rotatable bonds is 6. The molecule has 1 aromatic heterocycles. The lowest BCUT2D eigenvalue weighted by atomic mass is 10.1. The summed E-state index contributed by atoms with van der Waals surface area (Å²) in [5.41, 5.74) is 0.348. The predicted molar refractivity (Wildman–Crippen MR) is 115 cm³/mol. The first-order valence-corrected chi connectivity index (χ1v) is 9.62. The Bertz CT molecular complexity index is 772. The molecule has 1 unspecified atom stereocenters. The summed E-state index contributed by atoms with van der Waals surface area (Å²) in [5, 5.41) is 7.75. The van der Waals surface area contributed by atoms with Crippen LogP contribution in [-0.2, 0) is 19.0 Å². The minimum absolute atomic E-state index is 0. The maximum atomic E-state index is 12.6. The Labute approximate surface area is 182 Å². The number of ether oxygens (including phenoxy) is 1. The molecule has 2 heterocycles. The normalized spacial score (nSPS) is 16.1. The van der Waals surface area contributed by atoms with E-state index in [4.69, 9.17) is 4.74 Å². The van der Waals surface area contributed by atoms with Crippen LogP contribution in [0.15, 0.2) is 34.6 Å². The fourth-order valence-electron chi connectivity index (χ4n) is 2.73. The fourth-order valence-corrected chi connectivity index (χ4v) is 3.54. The zero-order valence-corrected chi connectivity index (χ0v) is 18.4. The quantitative estimate of drug-likeness (QED) is 0.341. The summed E-state index contributed by atoms with van der Waals surface area (Å²) >= 11 is 1.02. The van der Waals surface area contributed by atoms with Gasteiger partial charge in [0.1, 0.15) is 11.9 Å². The van der Waals surface area contributed by atoms with Crippen molar-refractivity contribution in [3.05, 3.63) is 45.9 Å². The standard InChI is InChI=1S/C18H21F3N4OS.HI/c1-2-22-17(23-8-7-16-25-15(11-27-16)18(19,20)21)24-10-13-9-12-5-3-4-6-14(12)26-13;/h3-6,11,13H,2,7-10H2,1H3,(H2,22,23,24);1H. The molecular formula is C18H22F3IN4OS. The molecule has 0 fully saturated rings. The van der Waals surface area contributed by atoms with Crippen molar-refractivity contribution in [1.82, 2.24) is 15.6 Å². The molecule has 3 rings (SSSR count). The van der Waals surface area contributed by atoms with Gasteiger partial charge in [0, 0.05) is 31.3 Å². The molecule has 28 heavy (non-hydrogen) atoms. The molecule has 0 saturated carbocycles. The van der Waals surface area contributed by atoms with Crippen LogP contribution in [0.2, 0.25) is 0 Å². The number of nitrogens with zero attached hydrogens (tertiary/aromatic N) is 2. The van der Waals surface area contributed by atoms with Crippen molar-refractivity contribution in [2.75, 3.05) is 19.6 Å². The molecule has 5 nitrogen and oxygen atoms in total. The Hall–Kier alpha value is -1.56. The van der Waals surface area contributed by atoms with Crippen LogP contribution in [0.5, 0.6) is 5.75 Å². The van der Waals surface area contributed by atoms with E-state index in [9.17, 15) is 13.2 Å². The van der Waals surface area contributed by atoms with E-state index in [1.54, 1.807) is 0 Å². The molecule has 0 spiro atoms. The summed E-state index contributed by atoms with van der Waals surface area (Å²) in [5.74, 6) is 1.52. The van der Waals surface area contributed by atoms with Crippen LogP contribution >= 0.6 is 35.3 Å². The third-order valence-electron chi connectivity index (χ3n) is 3.98. The van der Waals surface area contributed by atoms with E-state index in [-0.39, 0.29) is 30.1 Å². The Kier molecular flexibility index (Phi) is 8.35. The van der Waals surface area contributed by atoms with Crippen molar-refractivity contribution in [3.8, 4) is 5.75 Å². The summed E-state index contributed by atoms with van der Waals surface area (Å²) in [7, 11) is 0. The van der Waals surface area contributed by atoms with Gasteiger partial charge >= 0.3 is 6.18 Å². The molecule has 1 atom stereocenters. The third-order valence-corrected chi connectivity index (χ3v) is 4.89. The van der Waals surface area contributed by atoms with Crippen LogP contribution < -0.4 is 15.4 Å². The van der Waals surface area contributed by atoms with Gasteiger partial charge in [-0.1, -0.05) is 18.2 Å². The SMILES string of the molecule is CCNC(=NCC1Cc2ccccc2O1)NCCc1nc(C(F)(F)F)cs1.I. The van der Waals surface area contributed by atoms with Gasteiger partial charge in [-0.2, -0.15) is 13.2 Å². The second-order valence-corrected chi connectivity index (χ2v) is 7.02. The maximum absolute atomic E-state index is 12.6. The van der Waals surface area contributed by atoms with Crippen LogP contribution in [0, 0.1) is 0 Å². The van der Waals surface area contributed by atoms with Crippen molar-refractivity contribution in [3.63, 3.8) is 0 Å². The van der Waals surface area contributed by atoms with E-state index in [0.29, 0.717) is 37.0 Å². The lowest BCUT2D eigenvalue weighted by Gasteiger charge is -2.13. The fraction of sp³-hybridized carbons (Fsp3) is 0.444. The van der Waals surface area contributed by atoms with Gasteiger partial charge in [-0.15, -0.1) is 35.3 Å². The molecule has 2 N–H and O–H groups in total. The number of halogens is 4. The molecule has 1 aliphatic rings. The highest BCUT2D eigenvalue weighted by atomic mass is 127. The molecule has 1 aromatic carbocycles. The first kappa shape index (κ1) is 22.7. The Morgan fingerprint density at radius 2 is 2.11 bits per heavy atom. The third kappa shape index (κ3) is 6.23. The largest absolute Gasteiger partial charge is 0.488 e. The number of para-hydroxylation sites is 1. The minimum atomic E-state index is -4.39. The highest BCUT2D eigenvalue weighted by Gasteiger charge is 2.33. The molecule has 154 valence electrons. The number of thiazole rings is 1. The Balaban J connectivity index is 0.00000280. The number of aromatic nitrogens is 1. The Morgan fingerprint density at radius 1 is 1.32 bits per heavy atom. The average Bonchev–Trinajstić information content (AvgIpc) is 3.26. The maximum Gasteiger partial charge on any atom is 0.434 e. The summed E-state index contributed by atoms with van der Waals surface area (Å²) in [6, 6.07) is 7.93. The first-order valence-electron chi connectivity index (χ1n) is 8.74. The number of hydrogen-bond acceptors (Lipinski definition) is 4. The number of alkyl halides is 3. The molecule has 0 amide bonds. The molecule has 0 radical (unpaired) electrons. The number of hydrogen-bond donors (Lipinski definition) is 2. The summed E-state index contributed by atoms with van der Waals surface area (Å²) < 4.78 is 43.6. The second-order valence-electron chi connectivity index (χ2n) is 6.07. The zero-order valence-electron chi connectivity index (χ0n) is 15.3. The Morgan fingerprint density at radius 3 is 2.79 bits per heavy atom.